The molecule has 0 unspecified atom stereocenters. The Balaban J connectivity index is 1.99. The Kier molecular flexibility index (Phi) is 5.36. The highest BCUT2D eigenvalue weighted by Gasteiger charge is 2.08. The van der Waals surface area contributed by atoms with Gasteiger partial charge in [-0.05, 0) is 42.6 Å². The molecule has 0 amide bonds. The minimum atomic E-state index is 0.304. The van der Waals surface area contributed by atoms with Gasteiger partial charge in [-0.2, -0.15) is 0 Å². The molecule has 0 bridgehead atoms. The highest BCUT2D eigenvalue weighted by atomic mass is 35.5. The van der Waals surface area contributed by atoms with Gasteiger partial charge in [-0.3, -0.25) is 0 Å². The van der Waals surface area contributed by atoms with E-state index in [4.69, 9.17) is 11.6 Å². The lowest BCUT2D eigenvalue weighted by atomic mass is 10.3. The van der Waals surface area contributed by atoms with Crippen LogP contribution < -0.4 is 5.32 Å². The molecule has 1 N–H and O–H groups in total. The summed E-state index contributed by atoms with van der Waals surface area (Å²) in [6.45, 7) is 8.48. The molecule has 0 spiro atoms. The molecule has 104 valence electrons. The first kappa shape index (κ1) is 14.5. The summed E-state index contributed by atoms with van der Waals surface area (Å²) in [6, 6.07) is 2.03. The number of thiophene rings is 1. The number of rotatable bonds is 7. The fraction of sp³-hybridized carbons (Fsp3) is 0.538. The fourth-order valence-electron chi connectivity index (χ4n) is 2.04. The highest BCUT2D eigenvalue weighted by molar-refractivity contribution is 7.16. The monoisotopic (exact) mass is 298 g/mol. The Morgan fingerprint density at radius 2 is 2.16 bits per heavy atom. The molecule has 2 heterocycles. The van der Waals surface area contributed by atoms with Crippen LogP contribution in [0.3, 0.4) is 0 Å². The van der Waals surface area contributed by atoms with Gasteiger partial charge < -0.3 is 10.2 Å². The number of likely N-dealkylation sites (N-methyl/N-ethyl adjacent to an activating group) is 1. The van der Waals surface area contributed by atoms with Crippen molar-refractivity contribution in [2.45, 2.75) is 20.3 Å². The molecule has 0 saturated heterocycles. The molecule has 0 aliphatic rings. The van der Waals surface area contributed by atoms with Gasteiger partial charge in [0.2, 0.25) is 5.28 Å². The molecule has 0 aromatic carbocycles. The number of anilines is 1. The van der Waals surface area contributed by atoms with Gasteiger partial charge in [0.25, 0.3) is 0 Å². The van der Waals surface area contributed by atoms with Crippen LogP contribution in [0.1, 0.15) is 20.3 Å². The largest absolute Gasteiger partial charge is 0.368 e. The summed E-state index contributed by atoms with van der Waals surface area (Å²) in [5, 5.41) is 6.73. The summed E-state index contributed by atoms with van der Waals surface area (Å²) in [5.74, 6) is 0.837. The number of fused-ring (bicyclic) bond motifs is 1. The second-order valence-corrected chi connectivity index (χ2v) is 5.57. The quantitative estimate of drug-likeness (QED) is 0.795. The number of hydrogen-bond donors (Lipinski definition) is 1. The summed E-state index contributed by atoms with van der Waals surface area (Å²) in [7, 11) is 0. The zero-order valence-corrected chi connectivity index (χ0v) is 12.9. The maximum Gasteiger partial charge on any atom is 0.225 e. The third kappa shape index (κ3) is 3.78. The first-order chi connectivity index (χ1) is 9.24. The number of hydrogen-bond acceptors (Lipinski definition) is 5. The summed E-state index contributed by atoms with van der Waals surface area (Å²) >= 11 is 7.52. The molecule has 0 radical (unpaired) electrons. The van der Waals surface area contributed by atoms with Crippen molar-refractivity contribution in [2.24, 2.45) is 0 Å². The molecule has 2 aromatic heterocycles. The van der Waals surface area contributed by atoms with Crippen molar-refractivity contribution in [3.05, 3.63) is 16.7 Å². The Hall–Kier alpha value is -0.910. The predicted octanol–water partition coefficient (Wildman–Crippen LogP) is 3.49. The number of nitrogens with one attached hydrogen (secondary N) is 1. The van der Waals surface area contributed by atoms with E-state index in [-0.39, 0.29) is 0 Å². The molecular formula is C13H19ClN4S. The van der Waals surface area contributed by atoms with E-state index in [0.717, 1.165) is 42.2 Å². The molecule has 0 fully saturated rings. The van der Waals surface area contributed by atoms with Gasteiger partial charge in [0.1, 0.15) is 10.6 Å². The average Bonchev–Trinajstić information content (AvgIpc) is 2.85. The maximum absolute atomic E-state index is 5.93. The number of aromatic nitrogens is 2. The maximum atomic E-state index is 5.93. The molecule has 0 saturated carbocycles. The predicted molar refractivity (Wildman–Crippen MR) is 83.3 cm³/mol. The van der Waals surface area contributed by atoms with Gasteiger partial charge in [-0.1, -0.05) is 13.8 Å². The van der Waals surface area contributed by atoms with Crippen LogP contribution in [0.4, 0.5) is 5.82 Å². The van der Waals surface area contributed by atoms with Gasteiger partial charge >= 0.3 is 0 Å². The van der Waals surface area contributed by atoms with Crippen molar-refractivity contribution in [1.29, 1.82) is 0 Å². The Labute approximate surface area is 122 Å². The summed E-state index contributed by atoms with van der Waals surface area (Å²) in [6.07, 6.45) is 1.18. The molecule has 0 aliphatic heterocycles. The van der Waals surface area contributed by atoms with Crippen LogP contribution in [0, 0.1) is 0 Å². The molecule has 0 atom stereocenters. The molecule has 19 heavy (non-hydrogen) atoms. The van der Waals surface area contributed by atoms with E-state index in [1.165, 1.54) is 6.42 Å². The minimum absolute atomic E-state index is 0.304. The highest BCUT2D eigenvalue weighted by Crippen LogP contribution is 2.26. The smallest absolute Gasteiger partial charge is 0.225 e. The molecule has 2 aromatic rings. The lowest BCUT2D eigenvalue weighted by Gasteiger charge is -2.19. The summed E-state index contributed by atoms with van der Waals surface area (Å²) in [4.78, 5) is 11.8. The van der Waals surface area contributed by atoms with Crippen LogP contribution in [0.2, 0.25) is 5.28 Å². The van der Waals surface area contributed by atoms with Gasteiger partial charge in [0.05, 0.1) is 5.39 Å². The van der Waals surface area contributed by atoms with Crippen molar-refractivity contribution in [3.63, 3.8) is 0 Å². The van der Waals surface area contributed by atoms with Crippen molar-refractivity contribution < 1.29 is 0 Å². The van der Waals surface area contributed by atoms with Crippen LogP contribution >= 0.6 is 22.9 Å². The average molecular weight is 299 g/mol. The van der Waals surface area contributed by atoms with Crippen LogP contribution in [0.25, 0.3) is 10.2 Å². The Morgan fingerprint density at radius 1 is 1.32 bits per heavy atom. The second kappa shape index (κ2) is 7.03. The Bertz CT molecular complexity index is 528. The van der Waals surface area contributed by atoms with E-state index < -0.39 is 0 Å². The lowest BCUT2D eigenvalue weighted by molar-refractivity contribution is 0.300. The third-order valence-electron chi connectivity index (χ3n) is 3.01. The SMILES string of the molecule is CCCN(CC)CCNc1nc(Cl)nc2sccc12. The van der Waals surface area contributed by atoms with E-state index in [9.17, 15) is 0 Å². The first-order valence-corrected chi connectivity index (χ1v) is 7.87. The van der Waals surface area contributed by atoms with E-state index in [1.54, 1.807) is 11.3 Å². The third-order valence-corrected chi connectivity index (χ3v) is 3.98. The molecule has 4 nitrogen and oxygen atoms in total. The molecule has 2 rings (SSSR count). The van der Waals surface area contributed by atoms with E-state index in [1.807, 2.05) is 11.4 Å². The van der Waals surface area contributed by atoms with Crippen molar-refractivity contribution in [3.8, 4) is 0 Å². The van der Waals surface area contributed by atoms with Crippen LogP contribution in [-0.2, 0) is 0 Å². The van der Waals surface area contributed by atoms with E-state index in [0.29, 0.717) is 5.28 Å². The van der Waals surface area contributed by atoms with E-state index >= 15 is 0 Å². The van der Waals surface area contributed by atoms with Crippen LogP contribution in [0.5, 0.6) is 0 Å². The van der Waals surface area contributed by atoms with Gasteiger partial charge in [0.15, 0.2) is 0 Å². The molecule has 6 heteroatoms. The van der Waals surface area contributed by atoms with Gasteiger partial charge in [-0.25, -0.2) is 9.97 Å². The second-order valence-electron chi connectivity index (χ2n) is 4.34. The molecule has 0 aliphatic carbocycles. The van der Waals surface area contributed by atoms with Crippen LogP contribution in [0.15, 0.2) is 11.4 Å². The van der Waals surface area contributed by atoms with E-state index in [2.05, 4.69) is 34.0 Å². The zero-order chi connectivity index (χ0) is 13.7. The first-order valence-electron chi connectivity index (χ1n) is 6.61. The molecular weight excluding hydrogens is 280 g/mol. The van der Waals surface area contributed by atoms with Crippen molar-refractivity contribution in [1.82, 2.24) is 14.9 Å². The standard InChI is InChI=1S/C13H19ClN4S/c1-3-7-18(4-2)8-6-15-11-10-5-9-19-12(10)17-13(14)16-11/h5,9H,3-4,6-8H2,1-2H3,(H,15,16,17). The summed E-state index contributed by atoms with van der Waals surface area (Å²) < 4.78 is 0. The fourth-order valence-corrected chi connectivity index (χ4v) is 3.02. The number of halogens is 1. The van der Waals surface area contributed by atoms with Crippen LogP contribution in [-0.4, -0.2) is 41.0 Å². The van der Waals surface area contributed by atoms with Crippen molar-refractivity contribution in [2.75, 3.05) is 31.5 Å². The van der Waals surface area contributed by atoms with Crippen molar-refractivity contribution >= 4 is 39.0 Å². The van der Waals surface area contributed by atoms with Gasteiger partial charge in [0, 0.05) is 13.1 Å². The lowest BCUT2D eigenvalue weighted by Crippen LogP contribution is -2.29. The number of nitrogens with zero attached hydrogens (tertiary/aromatic N) is 3. The normalized spacial score (nSPS) is 11.4. The zero-order valence-electron chi connectivity index (χ0n) is 11.3. The summed E-state index contributed by atoms with van der Waals surface area (Å²) in [5.41, 5.74) is 0. The minimum Gasteiger partial charge on any atom is -0.368 e. The Morgan fingerprint density at radius 3 is 2.89 bits per heavy atom. The van der Waals surface area contributed by atoms with Gasteiger partial charge in [-0.15, -0.1) is 11.3 Å². The topological polar surface area (TPSA) is 41.0 Å².